The number of furan rings is 2. The largest absolute Gasteiger partial charge is 0.452 e. The molecule has 0 unspecified atom stereocenters. The van der Waals surface area contributed by atoms with Crippen molar-refractivity contribution in [3.05, 3.63) is 170 Å². The van der Waals surface area contributed by atoms with Crippen LogP contribution in [0, 0.1) is 0 Å². The van der Waals surface area contributed by atoms with Crippen molar-refractivity contribution in [2.45, 2.75) is 0 Å². The first-order valence-electron chi connectivity index (χ1n) is 16.7. The van der Waals surface area contributed by atoms with Gasteiger partial charge in [-0.2, -0.15) is 0 Å². The van der Waals surface area contributed by atoms with E-state index < -0.39 is 0 Å². The lowest BCUT2D eigenvalue weighted by Crippen LogP contribution is -1.96. The van der Waals surface area contributed by atoms with Gasteiger partial charge in [-0.25, -0.2) is 9.97 Å². The van der Waals surface area contributed by atoms with Crippen LogP contribution in [-0.4, -0.2) is 9.97 Å². The van der Waals surface area contributed by atoms with E-state index in [1.165, 1.54) is 0 Å². The fourth-order valence-corrected chi connectivity index (χ4v) is 7.05. The van der Waals surface area contributed by atoms with Crippen molar-refractivity contribution >= 4 is 43.9 Å². The second-order valence-corrected chi connectivity index (χ2v) is 12.6. The van der Waals surface area contributed by atoms with E-state index in [4.69, 9.17) is 18.8 Å². The SMILES string of the molecule is c1ccc(-c2ccc3oc4c(cc(-c5cc(-c6ccccc6)nc(-c6ccccc6)n5)c5c6cc(-c7ccccc7)ccc6oc45)c3c2)cc1. The van der Waals surface area contributed by atoms with E-state index in [-0.39, 0.29) is 0 Å². The summed E-state index contributed by atoms with van der Waals surface area (Å²) in [5.74, 6) is 0.663. The zero-order valence-corrected chi connectivity index (χ0v) is 26.9. The molecule has 0 aliphatic rings. The minimum absolute atomic E-state index is 0.663. The van der Waals surface area contributed by atoms with Crippen molar-refractivity contribution in [1.29, 1.82) is 0 Å². The minimum Gasteiger partial charge on any atom is -0.452 e. The molecule has 0 radical (unpaired) electrons. The summed E-state index contributed by atoms with van der Waals surface area (Å²) in [5, 5.41) is 3.97. The summed E-state index contributed by atoms with van der Waals surface area (Å²) >= 11 is 0. The van der Waals surface area contributed by atoms with Crippen LogP contribution in [0.2, 0.25) is 0 Å². The highest BCUT2D eigenvalue weighted by molar-refractivity contribution is 6.24. The first kappa shape index (κ1) is 28.3. The topological polar surface area (TPSA) is 52.1 Å². The van der Waals surface area contributed by atoms with Crippen LogP contribution in [0.4, 0.5) is 0 Å². The van der Waals surface area contributed by atoms with Crippen LogP contribution in [0.15, 0.2) is 179 Å². The molecule has 0 atom stereocenters. The molecule has 4 nitrogen and oxygen atoms in total. The molecule has 0 fully saturated rings. The Kier molecular flexibility index (Phi) is 6.46. The second kappa shape index (κ2) is 11.4. The first-order chi connectivity index (χ1) is 24.8. The average molecular weight is 641 g/mol. The number of benzene rings is 7. The highest BCUT2D eigenvalue weighted by Crippen LogP contribution is 2.45. The highest BCUT2D eigenvalue weighted by atomic mass is 16.4. The Morgan fingerprint density at radius 2 is 0.840 bits per heavy atom. The van der Waals surface area contributed by atoms with Gasteiger partial charge in [0.2, 0.25) is 0 Å². The maximum atomic E-state index is 6.76. The van der Waals surface area contributed by atoms with Gasteiger partial charge in [-0.3, -0.25) is 0 Å². The Balaban J connectivity index is 1.32. The zero-order chi connectivity index (χ0) is 33.0. The smallest absolute Gasteiger partial charge is 0.179 e. The number of rotatable bonds is 5. The van der Waals surface area contributed by atoms with Gasteiger partial charge in [0.25, 0.3) is 0 Å². The summed E-state index contributed by atoms with van der Waals surface area (Å²) in [7, 11) is 0. The van der Waals surface area contributed by atoms with Crippen molar-refractivity contribution in [3.63, 3.8) is 0 Å². The van der Waals surface area contributed by atoms with Crippen LogP contribution in [0.25, 0.3) is 100 Å². The predicted molar refractivity (Wildman–Crippen MR) is 204 cm³/mol. The lowest BCUT2D eigenvalue weighted by molar-refractivity contribution is 0.633. The molecule has 50 heavy (non-hydrogen) atoms. The van der Waals surface area contributed by atoms with Gasteiger partial charge >= 0.3 is 0 Å². The zero-order valence-electron chi connectivity index (χ0n) is 26.9. The molecule has 4 heteroatoms. The van der Waals surface area contributed by atoms with Crippen LogP contribution < -0.4 is 0 Å². The van der Waals surface area contributed by atoms with Crippen molar-refractivity contribution in [3.8, 4) is 56.2 Å². The van der Waals surface area contributed by atoms with Crippen molar-refractivity contribution in [1.82, 2.24) is 9.97 Å². The molecule has 10 rings (SSSR count). The van der Waals surface area contributed by atoms with Gasteiger partial charge in [0, 0.05) is 38.2 Å². The third kappa shape index (κ3) is 4.69. The normalized spacial score (nSPS) is 11.6. The molecule has 0 amide bonds. The molecule has 0 spiro atoms. The summed E-state index contributed by atoms with van der Waals surface area (Å²) in [6.07, 6.45) is 0. The molecule has 7 aromatic carbocycles. The Morgan fingerprint density at radius 3 is 1.46 bits per heavy atom. The third-order valence-corrected chi connectivity index (χ3v) is 9.50. The van der Waals surface area contributed by atoms with E-state index in [1.54, 1.807) is 0 Å². The van der Waals surface area contributed by atoms with Crippen LogP contribution in [0.5, 0.6) is 0 Å². The maximum Gasteiger partial charge on any atom is 0.179 e. The maximum absolute atomic E-state index is 6.76. The lowest BCUT2D eigenvalue weighted by Gasteiger charge is -2.11. The van der Waals surface area contributed by atoms with Gasteiger partial charge in [0.1, 0.15) is 11.2 Å². The van der Waals surface area contributed by atoms with Crippen LogP contribution >= 0.6 is 0 Å². The molecule has 10 aromatic rings. The van der Waals surface area contributed by atoms with Gasteiger partial charge in [-0.1, -0.05) is 133 Å². The Hall–Kier alpha value is -6.78. The molecule has 3 aromatic heterocycles. The molecule has 0 saturated heterocycles. The van der Waals surface area contributed by atoms with E-state index >= 15 is 0 Å². The monoisotopic (exact) mass is 640 g/mol. The van der Waals surface area contributed by atoms with Gasteiger partial charge in [0.15, 0.2) is 17.0 Å². The second-order valence-electron chi connectivity index (χ2n) is 12.6. The molecular weight excluding hydrogens is 613 g/mol. The quantitative estimate of drug-likeness (QED) is 0.188. The number of aromatic nitrogens is 2. The van der Waals surface area contributed by atoms with Gasteiger partial charge in [0.05, 0.1) is 11.4 Å². The van der Waals surface area contributed by atoms with Gasteiger partial charge in [-0.15, -0.1) is 0 Å². The van der Waals surface area contributed by atoms with Crippen molar-refractivity contribution < 1.29 is 8.83 Å². The molecule has 0 saturated carbocycles. The van der Waals surface area contributed by atoms with E-state index in [1.807, 2.05) is 48.5 Å². The van der Waals surface area contributed by atoms with Gasteiger partial charge < -0.3 is 8.83 Å². The van der Waals surface area contributed by atoms with E-state index in [2.05, 4.69) is 121 Å². The highest BCUT2D eigenvalue weighted by Gasteiger charge is 2.23. The molecule has 3 heterocycles. The molecule has 0 aliphatic heterocycles. The van der Waals surface area contributed by atoms with Gasteiger partial charge in [-0.05, 0) is 58.7 Å². The summed E-state index contributed by atoms with van der Waals surface area (Å²) < 4.78 is 13.4. The summed E-state index contributed by atoms with van der Waals surface area (Å²) in [4.78, 5) is 10.3. The molecule has 0 aliphatic carbocycles. The van der Waals surface area contributed by atoms with E-state index in [9.17, 15) is 0 Å². The predicted octanol–water partition coefficient (Wildman–Crippen LogP) is 12.6. The number of hydrogen-bond acceptors (Lipinski definition) is 4. The fraction of sp³-hybridized carbons (Fsp3) is 0. The summed E-state index contributed by atoms with van der Waals surface area (Å²) in [6, 6.07) is 58.5. The summed E-state index contributed by atoms with van der Waals surface area (Å²) in [6.45, 7) is 0. The Bertz CT molecular complexity index is 2780. The van der Waals surface area contributed by atoms with Crippen LogP contribution in [0.3, 0.4) is 0 Å². The number of nitrogens with zero attached hydrogens (tertiary/aromatic N) is 2. The standard InChI is InChI=1S/C46H28N2O2/c1-5-13-29(14-6-1)33-21-23-41-35(25-33)36-27-37(40-28-39(31-17-9-3-10-18-31)47-46(48-40)32-19-11-4-12-20-32)43-38-26-34(30-15-7-2-8-16-30)22-24-42(38)50-45(43)44(36)49-41/h1-28H. The van der Waals surface area contributed by atoms with E-state index in [0.29, 0.717) is 11.4 Å². The Morgan fingerprint density at radius 1 is 0.340 bits per heavy atom. The first-order valence-corrected chi connectivity index (χ1v) is 16.7. The Labute approximate surface area is 287 Å². The molecule has 0 bridgehead atoms. The van der Waals surface area contributed by atoms with E-state index in [0.717, 1.165) is 88.6 Å². The number of fused-ring (bicyclic) bond motifs is 7. The summed E-state index contributed by atoms with van der Waals surface area (Å²) in [5.41, 5.74) is 12.2. The third-order valence-electron chi connectivity index (χ3n) is 9.50. The molecule has 0 N–H and O–H groups in total. The van der Waals surface area contributed by atoms with Crippen LogP contribution in [0.1, 0.15) is 0 Å². The fourth-order valence-electron chi connectivity index (χ4n) is 7.05. The molecular formula is C46H28N2O2. The lowest BCUT2D eigenvalue weighted by atomic mass is 9.96. The molecule has 234 valence electrons. The number of hydrogen-bond donors (Lipinski definition) is 0. The minimum atomic E-state index is 0.663. The van der Waals surface area contributed by atoms with Crippen molar-refractivity contribution in [2.24, 2.45) is 0 Å². The average Bonchev–Trinajstić information content (AvgIpc) is 3.77. The van der Waals surface area contributed by atoms with Crippen molar-refractivity contribution in [2.75, 3.05) is 0 Å². The van der Waals surface area contributed by atoms with Crippen LogP contribution in [-0.2, 0) is 0 Å².